The number of ether oxygens (including phenoxy) is 1. The molecule has 1 aliphatic rings. The van der Waals surface area contributed by atoms with Gasteiger partial charge in [0.05, 0.1) is 6.61 Å². The molecular weight excluding hydrogens is 272 g/mol. The Labute approximate surface area is 125 Å². The number of piperazine rings is 1. The summed E-state index contributed by atoms with van der Waals surface area (Å²) in [4.78, 5) is 20.7. The first kappa shape index (κ1) is 15.8. The molecule has 0 radical (unpaired) electrons. The topological polar surface area (TPSA) is 71.7 Å². The van der Waals surface area contributed by atoms with Gasteiger partial charge in [0.15, 0.2) is 0 Å². The molecule has 1 unspecified atom stereocenters. The maximum Gasteiger partial charge on any atom is 0.318 e. The summed E-state index contributed by atoms with van der Waals surface area (Å²) in [6.07, 6.45) is 1.51. The van der Waals surface area contributed by atoms with Crippen LogP contribution in [0.25, 0.3) is 0 Å². The summed E-state index contributed by atoms with van der Waals surface area (Å²) in [7, 11) is 2.09. The lowest BCUT2D eigenvalue weighted by Gasteiger charge is -2.31. The van der Waals surface area contributed by atoms with Gasteiger partial charge in [-0.25, -0.2) is 0 Å². The molecule has 1 fully saturated rings. The van der Waals surface area contributed by atoms with Crippen LogP contribution in [0, 0.1) is 0 Å². The van der Waals surface area contributed by atoms with Gasteiger partial charge in [-0.2, -0.15) is 4.98 Å². The van der Waals surface area contributed by atoms with E-state index < -0.39 is 5.92 Å². The van der Waals surface area contributed by atoms with Crippen LogP contribution in [-0.4, -0.2) is 60.8 Å². The number of aromatic nitrogens is 2. The van der Waals surface area contributed by atoms with Crippen molar-refractivity contribution in [3.8, 4) is 0 Å². The Kier molecular flexibility index (Phi) is 5.55. The molecule has 0 bridgehead atoms. The average molecular weight is 296 g/mol. The van der Waals surface area contributed by atoms with E-state index in [9.17, 15) is 4.79 Å². The molecule has 1 atom stereocenters. The second-order valence-corrected chi connectivity index (χ2v) is 5.32. The molecule has 1 saturated heterocycles. The van der Waals surface area contributed by atoms with Crippen LogP contribution in [0.3, 0.4) is 0 Å². The van der Waals surface area contributed by atoms with Crippen LogP contribution >= 0.6 is 0 Å². The highest BCUT2D eigenvalue weighted by Crippen LogP contribution is 2.23. The van der Waals surface area contributed by atoms with Crippen molar-refractivity contribution in [2.45, 2.75) is 32.6 Å². The Bertz CT molecular complexity index is 455. The van der Waals surface area contributed by atoms with Crippen molar-refractivity contribution in [1.82, 2.24) is 15.0 Å². The molecule has 0 amide bonds. The first-order chi connectivity index (χ1) is 10.2. The normalized spacial score (nSPS) is 17.8. The number of hydrogen-bond donors (Lipinski definition) is 0. The molecule has 7 heteroatoms. The van der Waals surface area contributed by atoms with Gasteiger partial charge in [-0.15, -0.1) is 0 Å². The zero-order valence-corrected chi connectivity index (χ0v) is 13.0. The fraction of sp³-hybridized carbons (Fsp3) is 0.786. The lowest BCUT2D eigenvalue weighted by Crippen LogP contribution is -2.44. The fourth-order valence-corrected chi connectivity index (χ4v) is 2.38. The van der Waals surface area contributed by atoms with Gasteiger partial charge in [0.2, 0.25) is 5.89 Å². The van der Waals surface area contributed by atoms with Crippen molar-refractivity contribution in [1.29, 1.82) is 0 Å². The number of nitrogens with zero attached hydrogens (tertiary/aromatic N) is 4. The lowest BCUT2D eigenvalue weighted by atomic mass is 10.0. The third kappa shape index (κ3) is 3.93. The number of carbonyl (C=O) groups excluding carboxylic acids is 1. The number of rotatable bonds is 6. The summed E-state index contributed by atoms with van der Waals surface area (Å²) in [5.41, 5.74) is 0. The van der Waals surface area contributed by atoms with Crippen molar-refractivity contribution < 1.29 is 14.1 Å². The van der Waals surface area contributed by atoms with Crippen molar-refractivity contribution >= 4 is 11.9 Å². The minimum absolute atomic E-state index is 0.284. The van der Waals surface area contributed by atoms with Crippen molar-refractivity contribution in [2.24, 2.45) is 0 Å². The van der Waals surface area contributed by atoms with E-state index in [0.717, 1.165) is 32.6 Å². The highest BCUT2D eigenvalue weighted by molar-refractivity contribution is 5.76. The zero-order chi connectivity index (χ0) is 15.2. The molecule has 0 saturated carbocycles. The monoisotopic (exact) mass is 296 g/mol. The lowest BCUT2D eigenvalue weighted by molar-refractivity contribution is -0.145. The number of hydrogen-bond acceptors (Lipinski definition) is 7. The Morgan fingerprint density at radius 2 is 2.05 bits per heavy atom. The van der Waals surface area contributed by atoms with E-state index in [1.807, 2.05) is 6.92 Å². The third-order valence-electron chi connectivity index (χ3n) is 3.66. The highest BCUT2D eigenvalue weighted by atomic mass is 16.5. The van der Waals surface area contributed by atoms with Crippen molar-refractivity contribution in [3.05, 3.63) is 5.89 Å². The Morgan fingerprint density at radius 3 is 2.67 bits per heavy atom. The van der Waals surface area contributed by atoms with Gasteiger partial charge in [-0.1, -0.05) is 13.3 Å². The molecule has 2 heterocycles. The Balaban J connectivity index is 2.07. The number of esters is 1. The molecule has 0 N–H and O–H groups in total. The van der Waals surface area contributed by atoms with Crippen molar-refractivity contribution in [3.63, 3.8) is 0 Å². The zero-order valence-electron chi connectivity index (χ0n) is 13.0. The fourth-order valence-electron chi connectivity index (χ4n) is 2.38. The molecule has 118 valence electrons. The maximum absolute atomic E-state index is 12.0. The maximum atomic E-state index is 12.0. The minimum atomic E-state index is -0.455. The predicted molar refractivity (Wildman–Crippen MR) is 78.3 cm³/mol. The summed E-state index contributed by atoms with van der Waals surface area (Å²) in [5.74, 6) is 0.198. The second-order valence-electron chi connectivity index (χ2n) is 5.32. The highest BCUT2D eigenvalue weighted by Gasteiger charge is 2.28. The van der Waals surface area contributed by atoms with E-state index in [-0.39, 0.29) is 5.97 Å². The van der Waals surface area contributed by atoms with Crippen LogP contribution in [0.4, 0.5) is 5.95 Å². The van der Waals surface area contributed by atoms with Gasteiger partial charge >= 0.3 is 5.97 Å². The molecule has 0 aromatic carbocycles. The van der Waals surface area contributed by atoms with Crippen LogP contribution in [0.1, 0.15) is 38.5 Å². The predicted octanol–water partition coefficient (Wildman–Crippen LogP) is 1.27. The van der Waals surface area contributed by atoms with E-state index in [1.54, 1.807) is 6.92 Å². The van der Waals surface area contributed by atoms with E-state index in [2.05, 4.69) is 27.0 Å². The minimum Gasteiger partial charge on any atom is -0.465 e. The second kappa shape index (κ2) is 7.40. The molecule has 2 rings (SSSR count). The van der Waals surface area contributed by atoms with E-state index in [1.165, 1.54) is 0 Å². The molecule has 1 aromatic heterocycles. The number of carbonyl (C=O) groups is 1. The van der Waals surface area contributed by atoms with Gasteiger partial charge < -0.3 is 19.1 Å². The summed E-state index contributed by atoms with van der Waals surface area (Å²) in [5, 5.41) is 4.02. The van der Waals surface area contributed by atoms with Crippen molar-refractivity contribution in [2.75, 3.05) is 44.7 Å². The average Bonchev–Trinajstić information content (AvgIpc) is 2.95. The van der Waals surface area contributed by atoms with Gasteiger partial charge in [-0.3, -0.25) is 4.79 Å². The number of likely N-dealkylation sites (N-methyl/N-ethyl adjacent to an activating group) is 1. The molecule has 0 aliphatic carbocycles. The molecule has 21 heavy (non-hydrogen) atoms. The van der Waals surface area contributed by atoms with Crippen LogP contribution in [0.15, 0.2) is 4.52 Å². The SMILES string of the molecule is CCCC(C(=O)OCC)c1nc(N2CCN(C)CC2)no1. The molecule has 1 aliphatic heterocycles. The van der Waals surface area contributed by atoms with Gasteiger partial charge in [0, 0.05) is 26.2 Å². The van der Waals surface area contributed by atoms with Gasteiger partial charge in [0.25, 0.3) is 5.95 Å². The summed E-state index contributed by atoms with van der Waals surface area (Å²) in [6, 6.07) is 0. The Morgan fingerprint density at radius 1 is 1.33 bits per heavy atom. The first-order valence-corrected chi connectivity index (χ1v) is 7.59. The van der Waals surface area contributed by atoms with Crippen LogP contribution in [0.5, 0.6) is 0 Å². The summed E-state index contributed by atoms with van der Waals surface area (Å²) in [6.45, 7) is 7.85. The Hall–Kier alpha value is -1.63. The summed E-state index contributed by atoms with van der Waals surface area (Å²) >= 11 is 0. The smallest absolute Gasteiger partial charge is 0.318 e. The summed E-state index contributed by atoms with van der Waals surface area (Å²) < 4.78 is 10.4. The van der Waals surface area contributed by atoms with E-state index in [4.69, 9.17) is 9.26 Å². The third-order valence-corrected chi connectivity index (χ3v) is 3.66. The van der Waals surface area contributed by atoms with E-state index in [0.29, 0.717) is 24.9 Å². The largest absolute Gasteiger partial charge is 0.465 e. The molecule has 7 nitrogen and oxygen atoms in total. The standard InChI is InChI=1S/C14H24N4O3/c1-4-6-11(13(19)20-5-2)12-15-14(16-21-12)18-9-7-17(3)8-10-18/h11H,4-10H2,1-3H3. The molecular formula is C14H24N4O3. The molecule has 0 spiro atoms. The van der Waals surface area contributed by atoms with Crippen LogP contribution in [-0.2, 0) is 9.53 Å². The van der Waals surface area contributed by atoms with E-state index >= 15 is 0 Å². The first-order valence-electron chi connectivity index (χ1n) is 7.59. The van der Waals surface area contributed by atoms with Crippen LogP contribution in [0.2, 0.25) is 0 Å². The molecule has 1 aromatic rings. The van der Waals surface area contributed by atoms with Crippen LogP contribution < -0.4 is 4.90 Å². The number of anilines is 1. The van der Waals surface area contributed by atoms with Gasteiger partial charge in [-0.05, 0) is 25.5 Å². The quantitative estimate of drug-likeness (QED) is 0.732. The van der Waals surface area contributed by atoms with Gasteiger partial charge in [0.1, 0.15) is 5.92 Å².